The van der Waals surface area contributed by atoms with Crippen molar-refractivity contribution in [3.63, 3.8) is 0 Å². The van der Waals surface area contributed by atoms with E-state index in [4.69, 9.17) is 9.47 Å². The summed E-state index contributed by atoms with van der Waals surface area (Å²) in [5.74, 6) is -1.80. The number of hydrogen-bond acceptors (Lipinski definition) is 10. The van der Waals surface area contributed by atoms with Gasteiger partial charge in [-0.15, -0.1) is 0 Å². The lowest BCUT2D eigenvalue weighted by Crippen LogP contribution is -2.60. The highest BCUT2D eigenvalue weighted by Gasteiger charge is 2.60. The molecule has 16 heteroatoms. The van der Waals surface area contributed by atoms with E-state index in [9.17, 15) is 45.1 Å². The van der Waals surface area contributed by atoms with Crippen LogP contribution in [0.5, 0.6) is 0 Å². The van der Waals surface area contributed by atoms with E-state index in [-0.39, 0.29) is 53.1 Å². The summed E-state index contributed by atoms with van der Waals surface area (Å²) in [5.41, 5.74) is -1.19. The Hall–Kier alpha value is -3.63. The van der Waals surface area contributed by atoms with Crippen LogP contribution in [-0.2, 0) is 33.9 Å². The highest BCUT2D eigenvalue weighted by molar-refractivity contribution is 7.93. The second kappa shape index (κ2) is 16.0. The molecule has 2 saturated heterocycles. The molecule has 2 aliphatic carbocycles. The van der Waals surface area contributed by atoms with Gasteiger partial charge in [0.25, 0.3) is 0 Å². The molecule has 2 aromatic carbocycles. The summed E-state index contributed by atoms with van der Waals surface area (Å²) in [4.78, 5) is 39.4. The average Bonchev–Trinajstić information content (AvgIpc) is 3.07. The maximum atomic E-state index is 13.6. The van der Waals surface area contributed by atoms with Gasteiger partial charge in [0.15, 0.2) is 19.7 Å². The summed E-state index contributed by atoms with van der Waals surface area (Å²) in [5, 5.41) is 9.92. The summed E-state index contributed by atoms with van der Waals surface area (Å²) in [6.45, 7) is 12.3. The maximum absolute atomic E-state index is 13.6. The number of nitrogens with zero attached hydrogens (tertiary/aromatic N) is 2. The second-order valence-corrected chi connectivity index (χ2v) is 22.1. The lowest BCUT2D eigenvalue weighted by Gasteiger charge is -2.51. The maximum Gasteiger partial charge on any atom is 0.410 e. The highest BCUT2D eigenvalue weighted by Crippen LogP contribution is 2.52. The standard InChI is InChI=1S/C20H28FNO5S.C20H26FNO5S/c2*1-19(2,3)27-18(24)22-9-7-14(8-10-22)20(12-16(23)13-20)28(25,26)17-6-4-5-15(21)11-17/h4-6,11,14,16,23H,7-10,12-13H2,1-3H3;4-6,11,14H,7-10,12-13H2,1-3H3. The second-order valence-electron chi connectivity index (χ2n) is 17.5. The number of benzene rings is 2. The lowest BCUT2D eigenvalue weighted by atomic mass is 9.69. The number of amides is 2. The Morgan fingerprint density at radius 2 is 1.04 bits per heavy atom. The first-order valence-electron chi connectivity index (χ1n) is 19.1. The minimum absolute atomic E-state index is 0.0472. The third-order valence-corrected chi connectivity index (χ3v) is 16.4. The molecule has 2 aliphatic heterocycles. The number of hydrogen-bond donors (Lipinski definition) is 1. The molecular formula is C40H54F2N2O10S2. The van der Waals surface area contributed by atoms with Gasteiger partial charge in [0.05, 0.1) is 25.4 Å². The lowest BCUT2D eigenvalue weighted by molar-refractivity contribution is -0.127. The van der Waals surface area contributed by atoms with Crippen molar-refractivity contribution >= 4 is 37.6 Å². The molecule has 0 radical (unpaired) electrons. The Morgan fingerprint density at radius 3 is 1.36 bits per heavy atom. The summed E-state index contributed by atoms with van der Waals surface area (Å²) in [6, 6.07) is 9.97. The summed E-state index contributed by atoms with van der Waals surface area (Å²) in [7, 11) is -7.70. The van der Waals surface area contributed by atoms with E-state index in [2.05, 4.69) is 0 Å². The molecule has 0 aromatic heterocycles. The zero-order valence-electron chi connectivity index (χ0n) is 32.9. The van der Waals surface area contributed by atoms with Gasteiger partial charge in [0.1, 0.15) is 28.6 Å². The van der Waals surface area contributed by atoms with Crippen molar-refractivity contribution in [2.24, 2.45) is 11.8 Å². The molecule has 12 nitrogen and oxygen atoms in total. The SMILES string of the molecule is CC(C)(C)OC(=O)N1CCC(C2(S(=O)(=O)c3cccc(F)c3)CC(=O)C2)CC1.CC(C)(C)OC(=O)N1CCC(C2(S(=O)(=O)c3cccc(F)c3)CC(O)C2)CC1. The minimum atomic E-state index is -3.88. The quantitative estimate of drug-likeness (QED) is 0.341. The number of piperidine rings is 2. The number of likely N-dealkylation sites (tertiary alicyclic amines) is 2. The Morgan fingerprint density at radius 1 is 0.679 bits per heavy atom. The molecule has 0 atom stereocenters. The van der Waals surface area contributed by atoms with E-state index in [1.165, 1.54) is 36.4 Å². The number of ketones is 1. The van der Waals surface area contributed by atoms with Crippen molar-refractivity contribution in [1.82, 2.24) is 9.80 Å². The molecule has 56 heavy (non-hydrogen) atoms. The van der Waals surface area contributed by atoms with Gasteiger partial charge in [-0.1, -0.05) is 12.1 Å². The number of aliphatic hydroxyl groups is 1. The van der Waals surface area contributed by atoms with Crippen LogP contribution in [0.3, 0.4) is 0 Å². The smallest absolute Gasteiger partial charge is 0.410 e. The van der Waals surface area contributed by atoms with Crippen LogP contribution in [0.2, 0.25) is 0 Å². The van der Waals surface area contributed by atoms with E-state index < -0.39 is 70.3 Å². The first kappa shape index (κ1) is 43.5. The zero-order valence-corrected chi connectivity index (χ0v) is 34.6. The fourth-order valence-electron chi connectivity index (χ4n) is 8.39. The Kier molecular flexibility index (Phi) is 12.4. The van der Waals surface area contributed by atoms with Gasteiger partial charge < -0.3 is 24.4 Å². The highest BCUT2D eigenvalue weighted by atomic mass is 32.2. The number of aliphatic hydroxyl groups excluding tert-OH is 1. The number of carbonyl (C=O) groups is 3. The summed E-state index contributed by atoms with van der Waals surface area (Å²) < 4.78 is 89.0. The van der Waals surface area contributed by atoms with Crippen LogP contribution in [0.4, 0.5) is 18.4 Å². The number of sulfone groups is 2. The molecule has 4 aliphatic rings. The first-order chi connectivity index (χ1) is 25.9. The van der Waals surface area contributed by atoms with Gasteiger partial charge in [0, 0.05) is 39.0 Å². The topological polar surface area (TPSA) is 165 Å². The molecule has 0 bridgehead atoms. The van der Waals surface area contributed by atoms with Crippen molar-refractivity contribution in [3.05, 3.63) is 60.2 Å². The van der Waals surface area contributed by atoms with E-state index in [1.807, 2.05) is 0 Å². The normalized spacial score (nSPS) is 23.6. The average molecular weight is 825 g/mol. The molecule has 2 aromatic rings. The van der Waals surface area contributed by atoms with Crippen molar-refractivity contribution in [2.45, 2.75) is 130 Å². The molecule has 6 rings (SSSR count). The minimum Gasteiger partial charge on any atom is -0.444 e. The van der Waals surface area contributed by atoms with Gasteiger partial charge in [-0.2, -0.15) is 0 Å². The molecule has 2 amide bonds. The van der Waals surface area contributed by atoms with Crippen LogP contribution in [0.25, 0.3) is 0 Å². The van der Waals surface area contributed by atoms with Gasteiger partial charge in [0.2, 0.25) is 0 Å². The van der Waals surface area contributed by atoms with E-state index in [0.29, 0.717) is 51.9 Å². The molecular weight excluding hydrogens is 771 g/mol. The zero-order chi connectivity index (χ0) is 41.5. The fraction of sp³-hybridized carbons (Fsp3) is 0.625. The number of Topliss-reactive ketones (excluding diaryl/α,β-unsaturated/α-hetero) is 1. The predicted octanol–water partition coefficient (Wildman–Crippen LogP) is 6.49. The van der Waals surface area contributed by atoms with E-state index >= 15 is 0 Å². The molecule has 2 heterocycles. The van der Waals surface area contributed by atoms with Crippen LogP contribution in [0.1, 0.15) is 92.9 Å². The Balaban J connectivity index is 0.000000214. The van der Waals surface area contributed by atoms with Crippen LogP contribution in [0, 0.1) is 23.5 Å². The number of carbonyl (C=O) groups excluding carboxylic acids is 3. The van der Waals surface area contributed by atoms with Crippen LogP contribution < -0.4 is 0 Å². The van der Waals surface area contributed by atoms with Crippen LogP contribution in [-0.4, -0.2) is 103 Å². The van der Waals surface area contributed by atoms with Gasteiger partial charge >= 0.3 is 12.2 Å². The molecule has 2 saturated carbocycles. The predicted molar refractivity (Wildman–Crippen MR) is 203 cm³/mol. The summed E-state index contributed by atoms with van der Waals surface area (Å²) >= 11 is 0. The number of ether oxygens (including phenoxy) is 2. The van der Waals surface area contributed by atoms with E-state index in [1.54, 1.807) is 51.3 Å². The third-order valence-electron chi connectivity index (χ3n) is 11.2. The number of rotatable bonds is 6. The summed E-state index contributed by atoms with van der Waals surface area (Å²) in [6.07, 6.45) is 0.604. The van der Waals surface area contributed by atoms with Gasteiger partial charge in [-0.05, 0) is 128 Å². The van der Waals surface area contributed by atoms with Crippen LogP contribution in [0.15, 0.2) is 58.3 Å². The van der Waals surface area contributed by atoms with E-state index in [0.717, 1.165) is 12.1 Å². The van der Waals surface area contributed by atoms with Crippen molar-refractivity contribution in [1.29, 1.82) is 0 Å². The number of halogens is 2. The Bertz CT molecular complexity index is 2000. The van der Waals surface area contributed by atoms with Crippen molar-refractivity contribution in [3.8, 4) is 0 Å². The fourth-order valence-corrected chi connectivity index (χ4v) is 13.3. The van der Waals surface area contributed by atoms with Crippen LogP contribution >= 0.6 is 0 Å². The van der Waals surface area contributed by atoms with Gasteiger partial charge in [-0.25, -0.2) is 35.2 Å². The van der Waals surface area contributed by atoms with Crippen molar-refractivity contribution in [2.75, 3.05) is 26.2 Å². The molecule has 0 unspecified atom stereocenters. The molecule has 4 fully saturated rings. The largest absolute Gasteiger partial charge is 0.444 e. The van der Waals surface area contributed by atoms with Crippen molar-refractivity contribution < 1.29 is 54.6 Å². The first-order valence-corrected chi connectivity index (χ1v) is 22.0. The Labute approximate surface area is 328 Å². The van der Waals surface area contributed by atoms with Gasteiger partial charge in [-0.3, -0.25) is 4.79 Å². The molecule has 1 N–H and O–H groups in total. The monoisotopic (exact) mass is 824 g/mol. The molecule has 310 valence electrons. The third kappa shape index (κ3) is 9.07. The molecule has 0 spiro atoms.